The van der Waals surface area contributed by atoms with Crippen LogP contribution in [0.1, 0.15) is 16.8 Å². The summed E-state index contributed by atoms with van der Waals surface area (Å²) in [6.07, 6.45) is 0.393. The van der Waals surface area contributed by atoms with Crippen molar-refractivity contribution in [1.29, 1.82) is 0 Å². The molecule has 1 aromatic rings. The van der Waals surface area contributed by atoms with Gasteiger partial charge in [0.05, 0.1) is 17.1 Å². The van der Waals surface area contributed by atoms with Gasteiger partial charge in [0, 0.05) is 13.1 Å². The number of sulfone groups is 1. The smallest absolute Gasteiger partial charge is 0.257 e. The maximum Gasteiger partial charge on any atom is 0.257 e. The largest absolute Gasteiger partial charge is 0.504 e. The Morgan fingerprint density at radius 1 is 1.37 bits per heavy atom. The summed E-state index contributed by atoms with van der Waals surface area (Å²) in [4.78, 5) is 13.5. The maximum absolute atomic E-state index is 12.2. The Balaban J connectivity index is 2.23. The lowest BCUT2D eigenvalue weighted by Crippen LogP contribution is -2.37. The molecule has 1 amide bonds. The third-order valence-corrected chi connectivity index (χ3v) is 5.07. The van der Waals surface area contributed by atoms with Crippen LogP contribution in [-0.4, -0.2) is 54.0 Å². The summed E-state index contributed by atoms with van der Waals surface area (Å²) >= 11 is 0. The number of phenolic OH excluding ortho intramolecular Hbond substituents is 2. The molecule has 0 bridgehead atoms. The Kier molecular flexibility index (Phi) is 3.40. The van der Waals surface area contributed by atoms with Crippen molar-refractivity contribution in [3.05, 3.63) is 23.8 Å². The number of carbonyl (C=O) groups excluding carboxylic acids is 1. The second-order valence-electron chi connectivity index (χ2n) is 4.65. The van der Waals surface area contributed by atoms with Crippen LogP contribution in [0.3, 0.4) is 0 Å². The Morgan fingerprint density at radius 2 is 2.05 bits per heavy atom. The average molecular weight is 285 g/mol. The second-order valence-corrected chi connectivity index (χ2v) is 6.87. The number of para-hydroxylation sites is 1. The molecule has 0 radical (unpaired) electrons. The van der Waals surface area contributed by atoms with Crippen LogP contribution < -0.4 is 0 Å². The van der Waals surface area contributed by atoms with Crippen molar-refractivity contribution in [2.75, 3.05) is 18.6 Å². The van der Waals surface area contributed by atoms with Gasteiger partial charge < -0.3 is 15.1 Å². The van der Waals surface area contributed by atoms with E-state index in [-0.39, 0.29) is 28.9 Å². The van der Waals surface area contributed by atoms with Gasteiger partial charge in [-0.2, -0.15) is 0 Å². The van der Waals surface area contributed by atoms with Gasteiger partial charge in [-0.15, -0.1) is 0 Å². The van der Waals surface area contributed by atoms with Crippen LogP contribution in [0.15, 0.2) is 18.2 Å². The molecule has 7 heteroatoms. The summed E-state index contributed by atoms with van der Waals surface area (Å²) in [5, 5.41) is 19.0. The van der Waals surface area contributed by atoms with Crippen LogP contribution in [0, 0.1) is 0 Å². The number of carbonyl (C=O) groups is 1. The molecular weight excluding hydrogens is 270 g/mol. The summed E-state index contributed by atoms with van der Waals surface area (Å²) in [6.45, 7) is 0. The van der Waals surface area contributed by atoms with E-state index in [0.29, 0.717) is 6.42 Å². The lowest BCUT2D eigenvalue weighted by atomic mass is 10.1. The molecule has 2 rings (SSSR count). The van der Waals surface area contributed by atoms with Crippen molar-refractivity contribution in [3.8, 4) is 11.5 Å². The molecule has 0 saturated carbocycles. The predicted molar refractivity (Wildman–Crippen MR) is 68.9 cm³/mol. The summed E-state index contributed by atoms with van der Waals surface area (Å²) in [7, 11) is -1.58. The highest BCUT2D eigenvalue weighted by Gasteiger charge is 2.33. The minimum atomic E-state index is -3.08. The van der Waals surface area contributed by atoms with Crippen molar-refractivity contribution >= 4 is 15.7 Å². The Hall–Kier alpha value is -1.76. The molecule has 6 nitrogen and oxygen atoms in total. The van der Waals surface area contributed by atoms with Gasteiger partial charge in [0.2, 0.25) is 0 Å². The molecule has 104 valence electrons. The van der Waals surface area contributed by atoms with Crippen molar-refractivity contribution in [2.24, 2.45) is 0 Å². The van der Waals surface area contributed by atoms with E-state index in [1.165, 1.54) is 30.1 Å². The van der Waals surface area contributed by atoms with Gasteiger partial charge in [-0.1, -0.05) is 6.07 Å². The lowest BCUT2D eigenvalue weighted by Gasteiger charge is -2.23. The number of benzene rings is 1. The van der Waals surface area contributed by atoms with Crippen LogP contribution >= 0.6 is 0 Å². The molecule has 0 spiro atoms. The predicted octanol–water partition coefficient (Wildman–Crippen LogP) is 0.357. The van der Waals surface area contributed by atoms with Crippen LogP contribution in [0.4, 0.5) is 0 Å². The molecule has 1 unspecified atom stereocenters. The van der Waals surface area contributed by atoms with Gasteiger partial charge in [0.15, 0.2) is 21.3 Å². The van der Waals surface area contributed by atoms with Crippen LogP contribution in [0.2, 0.25) is 0 Å². The first-order valence-electron chi connectivity index (χ1n) is 5.80. The van der Waals surface area contributed by atoms with E-state index in [9.17, 15) is 23.4 Å². The highest BCUT2D eigenvalue weighted by Crippen LogP contribution is 2.30. The van der Waals surface area contributed by atoms with Crippen LogP contribution in [-0.2, 0) is 9.84 Å². The van der Waals surface area contributed by atoms with Crippen LogP contribution in [0.5, 0.6) is 11.5 Å². The van der Waals surface area contributed by atoms with Gasteiger partial charge in [-0.3, -0.25) is 4.79 Å². The van der Waals surface area contributed by atoms with E-state index in [2.05, 4.69) is 0 Å². The average Bonchev–Trinajstić information content (AvgIpc) is 2.71. The normalized spacial score (nSPS) is 21.2. The van der Waals surface area contributed by atoms with Crippen LogP contribution in [0.25, 0.3) is 0 Å². The first-order chi connectivity index (χ1) is 8.82. The SMILES string of the molecule is CN(C(=O)c1cccc(O)c1O)C1CCS(=O)(=O)C1. The third kappa shape index (κ3) is 2.65. The summed E-state index contributed by atoms with van der Waals surface area (Å²) in [5.74, 6) is -1.36. The fourth-order valence-electron chi connectivity index (χ4n) is 2.14. The number of rotatable bonds is 2. The molecular formula is C12H15NO5S. The molecule has 2 N–H and O–H groups in total. The van der Waals surface area contributed by atoms with E-state index in [0.717, 1.165) is 0 Å². The van der Waals surface area contributed by atoms with E-state index in [1.54, 1.807) is 0 Å². The maximum atomic E-state index is 12.2. The summed E-state index contributed by atoms with van der Waals surface area (Å²) < 4.78 is 22.8. The zero-order chi connectivity index (χ0) is 14.2. The molecule has 1 saturated heterocycles. The zero-order valence-electron chi connectivity index (χ0n) is 10.4. The van der Waals surface area contributed by atoms with E-state index >= 15 is 0 Å². The Bertz CT molecular complexity index is 611. The molecule has 1 atom stereocenters. The van der Waals surface area contributed by atoms with Gasteiger partial charge in [-0.05, 0) is 18.6 Å². The third-order valence-electron chi connectivity index (χ3n) is 3.32. The minimum Gasteiger partial charge on any atom is -0.504 e. The van der Waals surface area contributed by atoms with Gasteiger partial charge in [0.1, 0.15) is 0 Å². The molecule has 1 fully saturated rings. The first-order valence-corrected chi connectivity index (χ1v) is 7.62. The summed E-state index contributed by atoms with van der Waals surface area (Å²) in [5.41, 5.74) is -0.0354. The number of amides is 1. The number of nitrogens with zero attached hydrogens (tertiary/aromatic N) is 1. The van der Waals surface area contributed by atoms with Crippen molar-refractivity contribution < 1.29 is 23.4 Å². The molecule has 0 aliphatic carbocycles. The molecule has 1 heterocycles. The second kappa shape index (κ2) is 4.73. The van der Waals surface area contributed by atoms with Crippen molar-refractivity contribution in [3.63, 3.8) is 0 Å². The number of hydrogen-bond acceptors (Lipinski definition) is 5. The number of hydrogen-bond donors (Lipinski definition) is 2. The highest BCUT2D eigenvalue weighted by molar-refractivity contribution is 7.91. The van der Waals surface area contributed by atoms with Gasteiger partial charge >= 0.3 is 0 Å². The number of phenols is 2. The fourth-order valence-corrected chi connectivity index (χ4v) is 3.91. The highest BCUT2D eigenvalue weighted by atomic mass is 32.2. The monoisotopic (exact) mass is 285 g/mol. The van der Waals surface area contributed by atoms with E-state index in [4.69, 9.17) is 0 Å². The van der Waals surface area contributed by atoms with E-state index < -0.39 is 21.5 Å². The van der Waals surface area contributed by atoms with E-state index in [1.807, 2.05) is 0 Å². The molecule has 0 aromatic heterocycles. The van der Waals surface area contributed by atoms with Crippen molar-refractivity contribution in [2.45, 2.75) is 12.5 Å². The number of aromatic hydroxyl groups is 2. The standard InChI is InChI=1S/C12H15NO5S/c1-13(8-5-6-19(17,18)7-8)12(16)9-3-2-4-10(14)11(9)15/h2-4,8,14-15H,5-7H2,1H3. The van der Waals surface area contributed by atoms with Crippen molar-refractivity contribution in [1.82, 2.24) is 4.90 Å². The fraction of sp³-hybridized carbons (Fsp3) is 0.417. The van der Waals surface area contributed by atoms with Gasteiger partial charge in [0.25, 0.3) is 5.91 Å². The topological polar surface area (TPSA) is 94.9 Å². The minimum absolute atomic E-state index is 0.0354. The molecule has 19 heavy (non-hydrogen) atoms. The van der Waals surface area contributed by atoms with Gasteiger partial charge in [-0.25, -0.2) is 8.42 Å². The quantitative estimate of drug-likeness (QED) is 0.765. The molecule has 1 aliphatic heterocycles. The first kappa shape index (κ1) is 13.7. The molecule has 1 aliphatic rings. The summed E-state index contributed by atoms with van der Waals surface area (Å²) in [6, 6.07) is 3.71. The Labute approximate surface area is 111 Å². The lowest BCUT2D eigenvalue weighted by molar-refractivity contribution is 0.0744. The Morgan fingerprint density at radius 3 is 2.63 bits per heavy atom. The zero-order valence-corrected chi connectivity index (χ0v) is 11.2. The molecule has 1 aromatic carbocycles.